The van der Waals surface area contributed by atoms with Crippen LogP contribution >= 0.6 is 0 Å². The summed E-state index contributed by atoms with van der Waals surface area (Å²) in [6, 6.07) is 0.0619. The summed E-state index contributed by atoms with van der Waals surface area (Å²) in [7, 11) is 0. The molecule has 4 heteroatoms. The molecule has 0 aliphatic carbocycles. The van der Waals surface area contributed by atoms with Crippen molar-refractivity contribution in [2.24, 2.45) is 5.92 Å². The molecule has 0 aromatic heterocycles. The third-order valence-corrected chi connectivity index (χ3v) is 2.74. The zero-order chi connectivity index (χ0) is 11.3. The van der Waals surface area contributed by atoms with Gasteiger partial charge in [-0.3, -0.25) is 4.79 Å². The van der Waals surface area contributed by atoms with Crippen molar-refractivity contribution < 1.29 is 9.90 Å². The molecule has 3 N–H and O–H groups in total. The topological polar surface area (TPSA) is 61.4 Å². The molecule has 1 heterocycles. The molecule has 3 unspecified atom stereocenters. The Kier molecular flexibility index (Phi) is 5.05. The van der Waals surface area contributed by atoms with Crippen molar-refractivity contribution in [3.8, 4) is 0 Å². The van der Waals surface area contributed by atoms with Crippen LogP contribution in [-0.2, 0) is 4.79 Å². The van der Waals surface area contributed by atoms with E-state index in [1.165, 1.54) is 0 Å². The quantitative estimate of drug-likeness (QED) is 0.615. The standard InChI is InChI=1S/C11H22N2O2/c1-8(5-9(2)14)13-11(15)6-10-3-4-12-7-10/h8-10,12,14H,3-7H2,1-2H3,(H,13,15). The highest BCUT2D eigenvalue weighted by Crippen LogP contribution is 2.12. The van der Waals surface area contributed by atoms with E-state index in [1.807, 2.05) is 6.92 Å². The molecule has 0 spiro atoms. The first-order valence-corrected chi connectivity index (χ1v) is 5.76. The molecule has 0 aromatic carbocycles. The number of carbonyl (C=O) groups is 1. The molecule has 1 aliphatic heterocycles. The molecule has 0 saturated carbocycles. The molecule has 4 nitrogen and oxygen atoms in total. The van der Waals surface area contributed by atoms with Gasteiger partial charge in [0.15, 0.2) is 0 Å². The van der Waals surface area contributed by atoms with Gasteiger partial charge in [-0.2, -0.15) is 0 Å². The van der Waals surface area contributed by atoms with Gasteiger partial charge in [0.05, 0.1) is 6.10 Å². The maximum atomic E-state index is 11.6. The second kappa shape index (κ2) is 6.08. The van der Waals surface area contributed by atoms with Crippen molar-refractivity contribution in [1.29, 1.82) is 0 Å². The molecular formula is C11H22N2O2. The molecule has 15 heavy (non-hydrogen) atoms. The molecule has 1 saturated heterocycles. The summed E-state index contributed by atoms with van der Waals surface area (Å²) in [5.41, 5.74) is 0. The normalized spacial score (nSPS) is 24.9. The molecule has 88 valence electrons. The van der Waals surface area contributed by atoms with Gasteiger partial charge in [-0.1, -0.05) is 0 Å². The number of amides is 1. The molecule has 1 fully saturated rings. The third-order valence-electron chi connectivity index (χ3n) is 2.74. The highest BCUT2D eigenvalue weighted by molar-refractivity contribution is 5.76. The third kappa shape index (κ3) is 5.14. The largest absolute Gasteiger partial charge is 0.393 e. The number of hydrogen-bond donors (Lipinski definition) is 3. The van der Waals surface area contributed by atoms with Crippen LogP contribution in [-0.4, -0.2) is 36.2 Å². The van der Waals surface area contributed by atoms with Crippen LogP contribution in [0.2, 0.25) is 0 Å². The first kappa shape index (κ1) is 12.5. The van der Waals surface area contributed by atoms with Gasteiger partial charge in [-0.25, -0.2) is 0 Å². The maximum absolute atomic E-state index is 11.6. The Morgan fingerprint density at radius 3 is 2.87 bits per heavy atom. The Hall–Kier alpha value is -0.610. The molecule has 0 aromatic rings. The Morgan fingerprint density at radius 2 is 2.33 bits per heavy atom. The molecule has 3 atom stereocenters. The van der Waals surface area contributed by atoms with Gasteiger partial charge >= 0.3 is 0 Å². The van der Waals surface area contributed by atoms with Gasteiger partial charge in [-0.05, 0) is 45.7 Å². The number of nitrogens with one attached hydrogen (secondary N) is 2. The monoisotopic (exact) mass is 214 g/mol. The minimum atomic E-state index is -0.353. The highest BCUT2D eigenvalue weighted by Gasteiger charge is 2.19. The van der Waals surface area contributed by atoms with Crippen molar-refractivity contribution in [2.45, 2.75) is 45.3 Å². The number of rotatable bonds is 5. The van der Waals surface area contributed by atoms with Crippen LogP contribution in [0.25, 0.3) is 0 Å². The predicted molar refractivity (Wildman–Crippen MR) is 59.5 cm³/mol. The van der Waals surface area contributed by atoms with Crippen LogP contribution in [0.5, 0.6) is 0 Å². The Balaban J connectivity index is 2.16. The minimum absolute atomic E-state index is 0.0619. The van der Waals surface area contributed by atoms with Crippen molar-refractivity contribution in [1.82, 2.24) is 10.6 Å². The van der Waals surface area contributed by atoms with Crippen LogP contribution in [0.3, 0.4) is 0 Å². The van der Waals surface area contributed by atoms with Crippen molar-refractivity contribution in [3.63, 3.8) is 0 Å². The minimum Gasteiger partial charge on any atom is -0.393 e. The fraction of sp³-hybridized carbons (Fsp3) is 0.909. The van der Waals surface area contributed by atoms with Crippen LogP contribution in [0.15, 0.2) is 0 Å². The Morgan fingerprint density at radius 1 is 1.60 bits per heavy atom. The van der Waals surface area contributed by atoms with E-state index in [2.05, 4.69) is 10.6 Å². The lowest BCUT2D eigenvalue weighted by atomic mass is 10.0. The van der Waals surface area contributed by atoms with Gasteiger partial charge in [0.1, 0.15) is 0 Å². The van der Waals surface area contributed by atoms with E-state index >= 15 is 0 Å². The van der Waals surface area contributed by atoms with Crippen molar-refractivity contribution in [3.05, 3.63) is 0 Å². The van der Waals surface area contributed by atoms with Crippen LogP contribution in [0.1, 0.15) is 33.1 Å². The number of carbonyl (C=O) groups excluding carboxylic acids is 1. The summed E-state index contributed by atoms with van der Waals surface area (Å²) < 4.78 is 0. The lowest BCUT2D eigenvalue weighted by Crippen LogP contribution is -2.35. The average Bonchev–Trinajstić information content (AvgIpc) is 2.53. The van der Waals surface area contributed by atoms with E-state index in [0.29, 0.717) is 18.8 Å². The molecule has 0 radical (unpaired) electrons. The van der Waals surface area contributed by atoms with E-state index in [4.69, 9.17) is 5.11 Å². The molecular weight excluding hydrogens is 192 g/mol. The molecule has 0 bridgehead atoms. The molecule has 1 rings (SSSR count). The predicted octanol–water partition coefficient (Wildman–Crippen LogP) is 0.262. The zero-order valence-corrected chi connectivity index (χ0v) is 9.62. The average molecular weight is 214 g/mol. The van der Waals surface area contributed by atoms with Gasteiger partial charge in [0.2, 0.25) is 5.91 Å². The first-order valence-electron chi connectivity index (χ1n) is 5.76. The Labute approximate surface area is 91.4 Å². The first-order chi connectivity index (χ1) is 7.08. The summed E-state index contributed by atoms with van der Waals surface area (Å²) >= 11 is 0. The van der Waals surface area contributed by atoms with Gasteiger partial charge < -0.3 is 15.7 Å². The summed E-state index contributed by atoms with van der Waals surface area (Å²) in [6.07, 6.45) is 1.97. The van der Waals surface area contributed by atoms with E-state index in [9.17, 15) is 4.79 Å². The number of aliphatic hydroxyl groups excluding tert-OH is 1. The summed E-state index contributed by atoms with van der Waals surface area (Å²) in [4.78, 5) is 11.6. The van der Waals surface area contributed by atoms with Gasteiger partial charge in [0, 0.05) is 12.5 Å². The molecule has 1 amide bonds. The zero-order valence-electron chi connectivity index (χ0n) is 9.62. The van der Waals surface area contributed by atoms with E-state index in [0.717, 1.165) is 19.5 Å². The summed E-state index contributed by atoms with van der Waals surface area (Å²) in [5, 5.41) is 15.3. The van der Waals surface area contributed by atoms with Gasteiger partial charge in [-0.15, -0.1) is 0 Å². The lowest BCUT2D eigenvalue weighted by molar-refractivity contribution is -0.122. The van der Waals surface area contributed by atoms with Crippen LogP contribution in [0.4, 0.5) is 0 Å². The number of aliphatic hydroxyl groups is 1. The van der Waals surface area contributed by atoms with E-state index in [1.54, 1.807) is 6.92 Å². The second-order valence-electron chi connectivity index (χ2n) is 4.62. The lowest BCUT2D eigenvalue weighted by Gasteiger charge is -2.16. The smallest absolute Gasteiger partial charge is 0.220 e. The van der Waals surface area contributed by atoms with Crippen molar-refractivity contribution in [2.75, 3.05) is 13.1 Å². The summed E-state index contributed by atoms with van der Waals surface area (Å²) in [5.74, 6) is 0.598. The van der Waals surface area contributed by atoms with Crippen LogP contribution in [0, 0.1) is 5.92 Å². The van der Waals surface area contributed by atoms with Gasteiger partial charge in [0.25, 0.3) is 0 Å². The fourth-order valence-electron chi connectivity index (χ4n) is 2.06. The second-order valence-corrected chi connectivity index (χ2v) is 4.62. The van der Waals surface area contributed by atoms with E-state index in [-0.39, 0.29) is 18.1 Å². The Bertz CT molecular complexity index is 201. The van der Waals surface area contributed by atoms with Crippen LogP contribution < -0.4 is 10.6 Å². The maximum Gasteiger partial charge on any atom is 0.220 e. The summed E-state index contributed by atoms with van der Waals surface area (Å²) in [6.45, 7) is 5.65. The SMILES string of the molecule is CC(O)CC(C)NC(=O)CC1CCNC1. The number of hydrogen-bond acceptors (Lipinski definition) is 3. The van der Waals surface area contributed by atoms with Crippen molar-refractivity contribution >= 4 is 5.91 Å². The highest BCUT2D eigenvalue weighted by atomic mass is 16.3. The van der Waals surface area contributed by atoms with E-state index < -0.39 is 0 Å². The molecule has 1 aliphatic rings. The fourth-order valence-corrected chi connectivity index (χ4v) is 2.06.